The van der Waals surface area contributed by atoms with Crippen LogP contribution in [0.5, 0.6) is 0 Å². The first-order chi connectivity index (χ1) is 12.9. The minimum absolute atomic E-state index is 0.0796. The van der Waals surface area contributed by atoms with Crippen molar-refractivity contribution in [3.63, 3.8) is 0 Å². The Morgan fingerprint density at radius 3 is 2.19 bits per heavy atom. The molecule has 0 aromatic heterocycles. The van der Waals surface area contributed by atoms with Gasteiger partial charge in [-0.2, -0.15) is 0 Å². The summed E-state index contributed by atoms with van der Waals surface area (Å²) in [7, 11) is 0. The maximum Gasteiger partial charge on any atom is 0.336 e. The number of nitrogens with two attached hydrogens (primary N) is 1. The standard InChI is InChI=1S/C19H16N4O4/c20-18(21)13-4-8-14(9-5-13)22-11-16(24)23(19(22)27)15-6-1-12(2-7-15)3-10-17(25)26/h1-10H,11H2,(H3,20,21)(H,25,26). The molecule has 3 rings (SSSR count). The van der Waals surface area contributed by atoms with Crippen LogP contribution in [0.3, 0.4) is 0 Å². The summed E-state index contributed by atoms with van der Waals surface area (Å²) in [4.78, 5) is 38.0. The number of anilines is 2. The van der Waals surface area contributed by atoms with Crippen LogP contribution in [0.4, 0.5) is 16.2 Å². The maximum atomic E-state index is 12.7. The van der Waals surface area contributed by atoms with Gasteiger partial charge in [0.1, 0.15) is 12.4 Å². The Labute approximate surface area is 154 Å². The first-order valence-corrected chi connectivity index (χ1v) is 7.97. The summed E-state index contributed by atoms with van der Waals surface area (Å²) in [6.07, 6.45) is 2.43. The predicted molar refractivity (Wildman–Crippen MR) is 101 cm³/mol. The predicted octanol–water partition coefficient (Wildman–Crippen LogP) is 2.04. The molecule has 27 heavy (non-hydrogen) atoms. The van der Waals surface area contributed by atoms with E-state index in [2.05, 4.69) is 0 Å². The van der Waals surface area contributed by atoms with E-state index in [-0.39, 0.29) is 18.3 Å². The van der Waals surface area contributed by atoms with Crippen LogP contribution in [0, 0.1) is 5.41 Å². The van der Waals surface area contributed by atoms with Crippen molar-refractivity contribution in [2.75, 3.05) is 16.3 Å². The Balaban J connectivity index is 1.81. The zero-order valence-corrected chi connectivity index (χ0v) is 14.1. The lowest BCUT2D eigenvalue weighted by molar-refractivity contribution is -0.131. The van der Waals surface area contributed by atoms with Crippen molar-refractivity contribution >= 4 is 41.2 Å². The van der Waals surface area contributed by atoms with Gasteiger partial charge < -0.3 is 10.8 Å². The fraction of sp³-hybridized carbons (Fsp3) is 0.0526. The van der Waals surface area contributed by atoms with Crippen LogP contribution in [-0.4, -0.2) is 35.4 Å². The number of imide groups is 1. The van der Waals surface area contributed by atoms with Crippen LogP contribution in [0.25, 0.3) is 6.08 Å². The number of carbonyl (C=O) groups is 3. The van der Waals surface area contributed by atoms with E-state index in [1.807, 2.05) is 0 Å². The molecule has 1 saturated heterocycles. The van der Waals surface area contributed by atoms with Gasteiger partial charge in [-0.1, -0.05) is 12.1 Å². The van der Waals surface area contributed by atoms with E-state index in [0.717, 1.165) is 11.0 Å². The SMILES string of the molecule is N=C(N)c1ccc(N2CC(=O)N(c3ccc(C=CC(=O)O)cc3)C2=O)cc1. The molecule has 1 heterocycles. The molecule has 3 amide bonds. The molecular formula is C19H16N4O4. The molecule has 1 fully saturated rings. The van der Waals surface area contributed by atoms with Crippen LogP contribution < -0.4 is 15.5 Å². The number of rotatable bonds is 5. The molecule has 8 nitrogen and oxygen atoms in total. The van der Waals surface area contributed by atoms with Gasteiger partial charge in [0.05, 0.1) is 5.69 Å². The summed E-state index contributed by atoms with van der Waals surface area (Å²) in [5.74, 6) is -1.51. The molecule has 0 radical (unpaired) electrons. The fourth-order valence-electron chi connectivity index (χ4n) is 2.68. The minimum Gasteiger partial charge on any atom is -0.478 e. The van der Waals surface area contributed by atoms with Crippen LogP contribution in [0.1, 0.15) is 11.1 Å². The maximum absolute atomic E-state index is 12.7. The molecule has 0 aliphatic carbocycles. The zero-order chi connectivity index (χ0) is 19.6. The number of hydrogen-bond donors (Lipinski definition) is 3. The van der Waals surface area contributed by atoms with Gasteiger partial charge in [-0.3, -0.25) is 15.1 Å². The quantitative estimate of drug-likeness (QED) is 0.324. The number of hydrogen-bond acceptors (Lipinski definition) is 4. The molecule has 136 valence electrons. The lowest BCUT2D eigenvalue weighted by atomic mass is 10.2. The molecular weight excluding hydrogens is 348 g/mol. The van der Waals surface area contributed by atoms with Crippen molar-refractivity contribution in [3.8, 4) is 0 Å². The lowest BCUT2D eigenvalue weighted by Gasteiger charge is -2.17. The van der Waals surface area contributed by atoms with Gasteiger partial charge >= 0.3 is 12.0 Å². The van der Waals surface area contributed by atoms with Crippen molar-refractivity contribution in [1.29, 1.82) is 5.41 Å². The van der Waals surface area contributed by atoms with E-state index in [1.165, 1.54) is 11.0 Å². The minimum atomic E-state index is -1.06. The number of amides is 3. The Hall–Kier alpha value is -3.94. The third-order valence-corrected chi connectivity index (χ3v) is 4.02. The number of amidine groups is 1. The number of nitrogens with zero attached hydrogens (tertiary/aromatic N) is 2. The van der Waals surface area contributed by atoms with Crippen LogP contribution in [0.2, 0.25) is 0 Å². The molecule has 1 aliphatic rings. The van der Waals surface area contributed by atoms with Gasteiger partial charge in [0.25, 0.3) is 5.91 Å². The molecule has 0 bridgehead atoms. The van der Waals surface area contributed by atoms with Gasteiger partial charge in [0, 0.05) is 17.3 Å². The molecule has 0 atom stereocenters. The molecule has 8 heteroatoms. The second-order valence-electron chi connectivity index (χ2n) is 5.82. The van der Waals surface area contributed by atoms with Crippen molar-refractivity contribution in [1.82, 2.24) is 0 Å². The number of carbonyl (C=O) groups excluding carboxylic acids is 2. The largest absolute Gasteiger partial charge is 0.478 e. The number of nitrogen functional groups attached to an aromatic ring is 1. The molecule has 4 N–H and O–H groups in total. The molecule has 0 spiro atoms. The number of carboxylic acid groups (broad SMARTS) is 1. The number of aliphatic carboxylic acids is 1. The van der Waals surface area contributed by atoms with E-state index < -0.39 is 12.0 Å². The number of urea groups is 1. The summed E-state index contributed by atoms with van der Waals surface area (Å²) in [6.45, 7) is -0.0983. The van der Waals surface area contributed by atoms with Crippen LogP contribution in [-0.2, 0) is 9.59 Å². The zero-order valence-electron chi connectivity index (χ0n) is 14.1. The molecule has 0 unspecified atom stereocenters. The number of nitrogens with one attached hydrogen (secondary N) is 1. The smallest absolute Gasteiger partial charge is 0.336 e. The summed E-state index contributed by atoms with van der Waals surface area (Å²) < 4.78 is 0. The average Bonchev–Trinajstić information content (AvgIpc) is 2.95. The van der Waals surface area contributed by atoms with Gasteiger partial charge in [-0.15, -0.1) is 0 Å². The Bertz CT molecular complexity index is 949. The highest BCUT2D eigenvalue weighted by Crippen LogP contribution is 2.26. The Morgan fingerprint density at radius 1 is 1.04 bits per heavy atom. The fourth-order valence-corrected chi connectivity index (χ4v) is 2.68. The van der Waals surface area contributed by atoms with Crippen LogP contribution in [0.15, 0.2) is 54.6 Å². The molecule has 2 aromatic rings. The normalized spacial score (nSPS) is 14.2. The second-order valence-corrected chi connectivity index (χ2v) is 5.82. The Morgan fingerprint density at radius 2 is 1.63 bits per heavy atom. The van der Waals surface area contributed by atoms with E-state index in [1.54, 1.807) is 48.5 Å². The first-order valence-electron chi connectivity index (χ1n) is 7.97. The number of carboxylic acids is 1. The molecule has 1 aliphatic heterocycles. The second kappa shape index (κ2) is 7.12. The summed E-state index contributed by atoms with van der Waals surface area (Å²) >= 11 is 0. The summed E-state index contributed by atoms with van der Waals surface area (Å²) in [5, 5.41) is 16.0. The average molecular weight is 364 g/mol. The third kappa shape index (κ3) is 3.69. The summed E-state index contributed by atoms with van der Waals surface area (Å²) in [5.41, 5.74) is 7.51. The lowest BCUT2D eigenvalue weighted by Crippen LogP contribution is -2.33. The van der Waals surface area contributed by atoms with E-state index in [0.29, 0.717) is 22.5 Å². The van der Waals surface area contributed by atoms with Crippen molar-refractivity contribution < 1.29 is 19.5 Å². The van der Waals surface area contributed by atoms with Gasteiger partial charge in [-0.25, -0.2) is 14.5 Å². The Kier molecular flexibility index (Phi) is 4.71. The topological polar surface area (TPSA) is 128 Å². The molecule has 2 aromatic carbocycles. The van der Waals surface area contributed by atoms with E-state index in [9.17, 15) is 14.4 Å². The monoisotopic (exact) mass is 364 g/mol. The highest BCUT2D eigenvalue weighted by Gasteiger charge is 2.37. The van der Waals surface area contributed by atoms with Crippen molar-refractivity contribution in [3.05, 3.63) is 65.7 Å². The van der Waals surface area contributed by atoms with E-state index >= 15 is 0 Å². The first kappa shape index (κ1) is 17.9. The van der Waals surface area contributed by atoms with Crippen LogP contribution >= 0.6 is 0 Å². The van der Waals surface area contributed by atoms with Gasteiger partial charge in [0.15, 0.2) is 0 Å². The number of benzene rings is 2. The summed E-state index contributed by atoms with van der Waals surface area (Å²) in [6, 6.07) is 12.4. The highest BCUT2D eigenvalue weighted by molar-refractivity contribution is 6.27. The third-order valence-electron chi connectivity index (χ3n) is 4.02. The van der Waals surface area contributed by atoms with Crippen molar-refractivity contribution in [2.45, 2.75) is 0 Å². The van der Waals surface area contributed by atoms with Crippen molar-refractivity contribution in [2.24, 2.45) is 5.73 Å². The van der Waals surface area contributed by atoms with Gasteiger partial charge in [-0.05, 0) is 48.0 Å². The molecule has 0 saturated carbocycles. The van der Waals surface area contributed by atoms with E-state index in [4.69, 9.17) is 16.2 Å². The highest BCUT2D eigenvalue weighted by atomic mass is 16.4. The van der Waals surface area contributed by atoms with Gasteiger partial charge in [0.2, 0.25) is 0 Å².